The molecular weight excluding hydrogens is 320 g/mol. The highest BCUT2D eigenvalue weighted by Crippen LogP contribution is 2.34. The van der Waals surface area contributed by atoms with Gasteiger partial charge in [-0.1, -0.05) is 58.0 Å². The van der Waals surface area contributed by atoms with Gasteiger partial charge in [0.25, 0.3) is 10.0 Å². The van der Waals surface area contributed by atoms with Crippen molar-refractivity contribution in [1.29, 1.82) is 5.26 Å². The van der Waals surface area contributed by atoms with Crippen molar-refractivity contribution in [2.24, 2.45) is 0 Å². The summed E-state index contributed by atoms with van der Waals surface area (Å²) in [6.07, 6.45) is 0. The van der Waals surface area contributed by atoms with Gasteiger partial charge in [-0.3, -0.25) is 4.72 Å². The summed E-state index contributed by atoms with van der Waals surface area (Å²) in [6.45, 7) is 8.11. The lowest BCUT2D eigenvalue weighted by Crippen LogP contribution is -2.17. The Kier molecular flexibility index (Phi) is 5.30. The topological polar surface area (TPSA) is 70.0 Å². The fourth-order valence-electron chi connectivity index (χ4n) is 2.65. The molecule has 2 aromatic rings. The third kappa shape index (κ3) is 3.60. The molecule has 24 heavy (non-hydrogen) atoms. The van der Waals surface area contributed by atoms with Crippen LogP contribution < -0.4 is 4.72 Å². The Morgan fingerprint density at radius 2 is 1.46 bits per heavy atom. The molecule has 0 bridgehead atoms. The summed E-state index contributed by atoms with van der Waals surface area (Å²) >= 11 is 0. The quantitative estimate of drug-likeness (QED) is 0.863. The van der Waals surface area contributed by atoms with Crippen LogP contribution in [0.2, 0.25) is 0 Å². The molecule has 0 unspecified atom stereocenters. The van der Waals surface area contributed by atoms with Crippen LogP contribution >= 0.6 is 0 Å². The van der Waals surface area contributed by atoms with Crippen molar-refractivity contribution in [2.45, 2.75) is 44.4 Å². The third-order valence-corrected chi connectivity index (χ3v) is 5.31. The molecule has 0 amide bonds. The normalized spacial score (nSPS) is 11.5. The molecule has 0 saturated heterocycles. The van der Waals surface area contributed by atoms with Gasteiger partial charge in [0.1, 0.15) is 11.0 Å². The molecule has 0 aliphatic heterocycles. The highest BCUT2D eigenvalue weighted by Gasteiger charge is 2.22. The molecule has 0 aromatic heterocycles. The number of rotatable bonds is 5. The summed E-state index contributed by atoms with van der Waals surface area (Å²) in [5, 5.41) is 9.19. The van der Waals surface area contributed by atoms with E-state index in [2.05, 4.69) is 4.72 Å². The van der Waals surface area contributed by atoms with E-state index in [9.17, 15) is 13.7 Å². The Morgan fingerprint density at radius 1 is 0.917 bits per heavy atom. The summed E-state index contributed by atoms with van der Waals surface area (Å²) in [4.78, 5) is 0.000709. The molecule has 0 aliphatic rings. The van der Waals surface area contributed by atoms with Crippen molar-refractivity contribution < 1.29 is 8.42 Å². The second kappa shape index (κ2) is 7.06. The van der Waals surface area contributed by atoms with Crippen LogP contribution in [0.25, 0.3) is 0 Å². The van der Waals surface area contributed by atoms with Crippen LogP contribution in [0.3, 0.4) is 0 Å². The molecule has 0 atom stereocenters. The van der Waals surface area contributed by atoms with E-state index in [0.717, 1.165) is 11.1 Å². The molecule has 0 aliphatic carbocycles. The van der Waals surface area contributed by atoms with Crippen molar-refractivity contribution >= 4 is 15.7 Å². The Labute approximate surface area is 144 Å². The fourth-order valence-corrected chi connectivity index (χ4v) is 3.93. The minimum Gasteiger partial charge on any atom is -0.279 e. The minimum absolute atomic E-state index is 0.000709. The number of hydrogen-bond donors (Lipinski definition) is 1. The van der Waals surface area contributed by atoms with Crippen LogP contribution in [0, 0.1) is 11.3 Å². The van der Waals surface area contributed by atoms with Gasteiger partial charge in [0, 0.05) is 0 Å². The number of hydrogen-bond acceptors (Lipinski definition) is 3. The summed E-state index contributed by atoms with van der Waals surface area (Å²) in [6, 6.07) is 14.0. The van der Waals surface area contributed by atoms with E-state index in [1.807, 2.05) is 52.0 Å². The molecular formula is C19H22N2O2S. The lowest BCUT2D eigenvalue weighted by Gasteiger charge is -2.21. The fraction of sp³-hybridized carbons (Fsp3) is 0.316. The van der Waals surface area contributed by atoms with E-state index >= 15 is 0 Å². The molecule has 0 radical (unpaired) electrons. The first-order valence-electron chi connectivity index (χ1n) is 7.92. The first kappa shape index (κ1) is 18.0. The van der Waals surface area contributed by atoms with Crippen LogP contribution in [0.5, 0.6) is 0 Å². The molecule has 2 aromatic carbocycles. The van der Waals surface area contributed by atoms with Crippen molar-refractivity contribution in [1.82, 2.24) is 0 Å². The number of sulfonamides is 1. The maximum Gasteiger partial charge on any atom is 0.263 e. The second-order valence-corrected chi connectivity index (χ2v) is 7.99. The predicted molar refractivity (Wildman–Crippen MR) is 96.6 cm³/mol. The van der Waals surface area contributed by atoms with E-state index in [4.69, 9.17) is 0 Å². The molecule has 0 fully saturated rings. The number of nitrogens with one attached hydrogen (secondary N) is 1. The highest BCUT2D eigenvalue weighted by atomic mass is 32.2. The van der Waals surface area contributed by atoms with Gasteiger partial charge in [-0.25, -0.2) is 8.42 Å². The Morgan fingerprint density at radius 3 is 1.96 bits per heavy atom. The van der Waals surface area contributed by atoms with Crippen LogP contribution in [-0.2, 0) is 10.0 Å². The van der Waals surface area contributed by atoms with Crippen LogP contribution in [0.1, 0.15) is 56.2 Å². The number of para-hydroxylation sites is 1. The summed E-state index contributed by atoms with van der Waals surface area (Å²) < 4.78 is 28.5. The highest BCUT2D eigenvalue weighted by molar-refractivity contribution is 7.92. The monoisotopic (exact) mass is 342 g/mol. The Hall–Kier alpha value is -2.32. The van der Waals surface area contributed by atoms with E-state index in [1.54, 1.807) is 12.1 Å². The number of nitrogens with zero attached hydrogens (tertiary/aromatic N) is 1. The molecule has 0 spiro atoms. The predicted octanol–water partition coefficient (Wildman–Crippen LogP) is 4.61. The standard InChI is InChI=1S/C19H22N2O2S/c1-13(2)16-9-7-10-17(14(3)4)19(16)21-24(22,23)18-11-6-5-8-15(18)12-20/h5-11,13-14,21H,1-4H3. The molecule has 4 nitrogen and oxygen atoms in total. The van der Waals surface area contributed by atoms with Gasteiger partial charge in [-0.05, 0) is 35.1 Å². The van der Waals surface area contributed by atoms with E-state index in [0.29, 0.717) is 5.69 Å². The molecule has 0 heterocycles. The van der Waals surface area contributed by atoms with Crippen LogP contribution in [0.15, 0.2) is 47.4 Å². The Balaban J connectivity index is 2.60. The zero-order chi connectivity index (χ0) is 17.9. The number of benzene rings is 2. The summed E-state index contributed by atoms with van der Waals surface area (Å²) in [5.41, 5.74) is 2.65. The van der Waals surface area contributed by atoms with Gasteiger partial charge in [-0.15, -0.1) is 0 Å². The molecule has 2 rings (SSSR count). The average molecular weight is 342 g/mol. The molecule has 5 heteroatoms. The van der Waals surface area contributed by atoms with Gasteiger partial charge >= 0.3 is 0 Å². The Bertz CT molecular complexity index is 852. The number of nitriles is 1. The zero-order valence-electron chi connectivity index (χ0n) is 14.4. The van der Waals surface area contributed by atoms with Gasteiger partial charge < -0.3 is 0 Å². The van der Waals surface area contributed by atoms with Gasteiger partial charge in [0.05, 0.1) is 11.3 Å². The first-order chi connectivity index (χ1) is 11.3. The maximum absolute atomic E-state index is 12.9. The maximum atomic E-state index is 12.9. The second-order valence-electron chi connectivity index (χ2n) is 6.33. The van der Waals surface area contributed by atoms with Crippen molar-refractivity contribution in [3.63, 3.8) is 0 Å². The molecule has 0 saturated carbocycles. The van der Waals surface area contributed by atoms with E-state index < -0.39 is 10.0 Å². The lowest BCUT2D eigenvalue weighted by molar-refractivity contribution is 0.600. The van der Waals surface area contributed by atoms with Crippen LogP contribution in [-0.4, -0.2) is 8.42 Å². The SMILES string of the molecule is CC(C)c1cccc(C(C)C)c1NS(=O)(=O)c1ccccc1C#N. The summed E-state index contributed by atoms with van der Waals surface area (Å²) in [5.74, 6) is 0.347. The summed E-state index contributed by atoms with van der Waals surface area (Å²) in [7, 11) is -3.84. The van der Waals surface area contributed by atoms with Crippen molar-refractivity contribution in [2.75, 3.05) is 4.72 Å². The van der Waals surface area contributed by atoms with E-state index in [-0.39, 0.29) is 22.3 Å². The van der Waals surface area contributed by atoms with Gasteiger partial charge in [0.2, 0.25) is 0 Å². The van der Waals surface area contributed by atoms with E-state index in [1.165, 1.54) is 12.1 Å². The van der Waals surface area contributed by atoms with Crippen LogP contribution in [0.4, 0.5) is 5.69 Å². The third-order valence-electron chi connectivity index (χ3n) is 3.91. The minimum atomic E-state index is -3.84. The van der Waals surface area contributed by atoms with Crippen molar-refractivity contribution in [3.8, 4) is 6.07 Å². The number of anilines is 1. The van der Waals surface area contributed by atoms with Gasteiger partial charge in [-0.2, -0.15) is 5.26 Å². The first-order valence-corrected chi connectivity index (χ1v) is 9.41. The lowest BCUT2D eigenvalue weighted by atomic mass is 9.93. The molecule has 126 valence electrons. The zero-order valence-corrected chi connectivity index (χ0v) is 15.2. The largest absolute Gasteiger partial charge is 0.279 e. The molecule has 1 N–H and O–H groups in total. The smallest absolute Gasteiger partial charge is 0.263 e. The average Bonchev–Trinajstić information content (AvgIpc) is 2.54. The van der Waals surface area contributed by atoms with Gasteiger partial charge in [0.15, 0.2) is 0 Å². The van der Waals surface area contributed by atoms with Crippen molar-refractivity contribution in [3.05, 3.63) is 59.2 Å².